The third kappa shape index (κ3) is 2.15. The molecule has 3 rings (SSSR count). The Morgan fingerprint density at radius 3 is 2.79 bits per heavy atom. The van der Waals surface area contributed by atoms with Gasteiger partial charge in [-0.3, -0.25) is 19.3 Å². The zero-order valence-electron chi connectivity index (χ0n) is 9.79. The molecule has 0 aliphatic carbocycles. The third-order valence-electron chi connectivity index (χ3n) is 2.84. The Hall–Kier alpha value is -2.08. The van der Waals surface area contributed by atoms with Crippen molar-refractivity contribution < 1.29 is 18.8 Å². The van der Waals surface area contributed by atoms with Gasteiger partial charge in [-0.05, 0) is 12.1 Å². The van der Waals surface area contributed by atoms with Gasteiger partial charge in [0.15, 0.2) is 5.76 Å². The number of hydrogen-bond acceptors (Lipinski definition) is 5. The highest BCUT2D eigenvalue weighted by Gasteiger charge is 2.32. The molecule has 2 amide bonds. The van der Waals surface area contributed by atoms with Crippen LogP contribution in [-0.4, -0.2) is 34.1 Å². The summed E-state index contributed by atoms with van der Waals surface area (Å²) in [5.41, 5.74) is 0.610. The van der Waals surface area contributed by atoms with Crippen molar-refractivity contribution in [2.45, 2.75) is 0 Å². The Bertz CT molecular complexity index is 642. The number of rotatable bonds is 3. The number of para-hydroxylation sites is 1. The van der Waals surface area contributed by atoms with Crippen molar-refractivity contribution in [3.8, 4) is 0 Å². The number of Topliss-reactive ketones (excluding diaryl/α,β-unsaturated/α-hetero) is 1. The summed E-state index contributed by atoms with van der Waals surface area (Å²) in [5.74, 6) is -0.440. The summed E-state index contributed by atoms with van der Waals surface area (Å²) in [6.07, 6.45) is 0. The average Bonchev–Trinajstić information content (AvgIpc) is 2.97. The lowest BCUT2D eigenvalue weighted by molar-refractivity contribution is -0.124. The van der Waals surface area contributed by atoms with Crippen LogP contribution in [0.2, 0.25) is 0 Å². The maximum absolute atomic E-state index is 12.0. The molecule has 0 saturated carbocycles. The predicted molar refractivity (Wildman–Crippen MR) is 70.1 cm³/mol. The molecule has 1 fully saturated rings. The van der Waals surface area contributed by atoms with E-state index < -0.39 is 0 Å². The summed E-state index contributed by atoms with van der Waals surface area (Å²) in [6, 6.07) is 8.86. The molecular formula is C13H9NO4S. The van der Waals surface area contributed by atoms with Gasteiger partial charge >= 0.3 is 0 Å². The third-order valence-corrected chi connectivity index (χ3v) is 3.70. The Kier molecular flexibility index (Phi) is 2.87. The van der Waals surface area contributed by atoms with E-state index in [-0.39, 0.29) is 35.0 Å². The van der Waals surface area contributed by atoms with Gasteiger partial charge in [0.2, 0.25) is 11.7 Å². The molecular weight excluding hydrogens is 266 g/mol. The van der Waals surface area contributed by atoms with Crippen LogP contribution in [0.15, 0.2) is 34.7 Å². The molecule has 0 atom stereocenters. The molecule has 19 heavy (non-hydrogen) atoms. The van der Waals surface area contributed by atoms with Gasteiger partial charge in [-0.15, -0.1) is 0 Å². The summed E-state index contributed by atoms with van der Waals surface area (Å²) in [5, 5.41) is 0.439. The van der Waals surface area contributed by atoms with E-state index in [1.807, 2.05) is 18.2 Å². The van der Waals surface area contributed by atoms with E-state index in [1.54, 1.807) is 12.1 Å². The molecule has 1 aromatic carbocycles. The molecule has 2 heterocycles. The molecule has 1 aliphatic rings. The highest BCUT2D eigenvalue weighted by atomic mass is 32.2. The van der Waals surface area contributed by atoms with Crippen molar-refractivity contribution in [3.05, 3.63) is 36.1 Å². The first-order valence-electron chi connectivity index (χ1n) is 5.64. The number of amides is 2. The Balaban J connectivity index is 1.84. The molecule has 0 bridgehead atoms. The molecule has 0 unspecified atom stereocenters. The van der Waals surface area contributed by atoms with Crippen LogP contribution in [0.25, 0.3) is 11.0 Å². The number of ketones is 1. The SMILES string of the molecule is O=C(CN1C(=O)CSC1=O)c1cc2ccccc2o1. The van der Waals surface area contributed by atoms with Crippen LogP contribution in [0.5, 0.6) is 0 Å². The van der Waals surface area contributed by atoms with E-state index in [0.717, 1.165) is 22.0 Å². The fourth-order valence-electron chi connectivity index (χ4n) is 1.87. The first kappa shape index (κ1) is 12.0. The fourth-order valence-corrected chi connectivity index (χ4v) is 2.60. The Morgan fingerprint density at radius 1 is 1.32 bits per heavy atom. The predicted octanol–water partition coefficient (Wildman–Crippen LogP) is 2.31. The highest BCUT2D eigenvalue weighted by Crippen LogP contribution is 2.22. The number of thioether (sulfide) groups is 1. The minimum Gasteiger partial charge on any atom is -0.453 e. The normalized spacial score (nSPS) is 15.5. The number of carbonyl (C=O) groups is 3. The second kappa shape index (κ2) is 4.55. The topological polar surface area (TPSA) is 67.6 Å². The van der Waals surface area contributed by atoms with Gasteiger partial charge in [-0.1, -0.05) is 30.0 Å². The van der Waals surface area contributed by atoms with Crippen molar-refractivity contribution in [1.82, 2.24) is 4.90 Å². The van der Waals surface area contributed by atoms with E-state index in [4.69, 9.17) is 4.42 Å². The smallest absolute Gasteiger partial charge is 0.289 e. The molecule has 1 aliphatic heterocycles. The molecule has 0 radical (unpaired) electrons. The molecule has 0 spiro atoms. The zero-order chi connectivity index (χ0) is 13.4. The summed E-state index contributed by atoms with van der Waals surface area (Å²) in [7, 11) is 0. The van der Waals surface area contributed by atoms with Crippen LogP contribution in [0.4, 0.5) is 4.79 Å². The average molecular weight is 275 g/mol. The Morgan fingerprint density at radius 2 is 2.11 bits per heavy atom. The fraction of sp³-hybridized carbons (Fsp3) is 0.154. The molecule has 2 aromatic rings. The van der Waals surface area contributed by atoms with Gasteiger partial charge in [0.05, 0.1) is 12.3 Å². The maximum Gasteiger partial charge on any atom is 0.289 e. The summed E-state index contributed by atoms with van der Waals surface area (Å²) < 4.78 is 5.40. The van der Waals surface area contributed by atoms with Crippen molar-refractivity contribution in [2.75, 3.05) is 12.3 Å². The van der Waals surface area contributed by atoms with E-state index in [0.29, 0.717) is 5.58 Å². The lowest BCUT2D eigenvalue weighted by Gasteiger charge is -2.09. The molecule has 96 valence electrons. The second-order valence-electron chi connectivity index (χ2n) is 4.11. The zero-order valence-corrected chi connectivity index (χ0v) is 10.6. The number of nitrogens with zero attached hydrogens (tertiary/aromatic N) is 1. The van der Waals surface area contributed by atoms with E-state index in [1.165, 1.54) is 0 Å². The van der Waals surface area contributed by atoms with Gasteiger partial charge in [0, 0.05) is 5.39 Å². The summed E-state index contributed by atoms with van der Waals surface area (Å²) in [6.45, 7) is -0.259. The largest absolute Gasteiger partial charge is 0.453 e. The monoisotopic (exact) mass is 275 g/mol. The van der Waals surface area contributed by atoms with Crippen molar-refractivity contribution >= 4 is 39.7 Å². The second-order valence-corrected chi connectivity index (χ2v) is 5.03. The number of hydrogen-bond donors (Lipinski definition) is 0. The maximum atomic E-state index is 12.0. The van der Waals surface area contributed by atoms with Crippen molar-refractivity contribution in [3.63, 3.8) is 0 Å². The number of benzene rings is 1. The first-order chi connectivity index (χ1) is 9.15. The summed E-state index contributed by atoms with van der Waals surface area (Å²) in [4.78, 5) is 35.8. The van der Waals surface area contributed by atoms with E-state index >= 15 is 0 Å². The van der Waals surface area contributed by atoms with Gasteiger partial charge in [0.25, 0.3) is 5.24 Å². The van der Waals surface area contributed by atoms with Gasteiger partial charge in [-0.2, -0.15) is 0 Å². The van der Waals surface area contributed by atoms with Gasteiger partial charge in [-0.25, -0.2) is 0 Å². The Labute approximate surface area is 112 Å². The lowest BCUT2D eigenvalue weighted by atomic mass is 10.2. The van der Waals surface area contributed by atoms with E-state index in [2.05, 4.69) is 0 Å². The minimum atomic E-state index is -0.380. The highest BCUT2D eigenvalue weighted by molar-refractivity contribution is 8.14. The first-order valence-corrected chi connectivity index (χ1v) is 6.62. The van der Waals surface area contributed by atoms with Crippen LogP contribution in [-0.2, 0) is 4.79 Å². The molecule has 1 aromatic heterocycles. The number of imide groups is 1. The van der Waals surface area contributed by atoms with Crippen LogP contribution in [0.3, 0.4) is 0 Å². The lowest BCUT2D eigenvalue weighted by Crippen LogP contribution is -2.33. The molecule has 6 heteroatoms. The molecule has 0 N–H and O–H groups in total. The van der Waals surface area contributed by atoms with Crippen molar-refractivity contribution in [1.29, 1.82) is 0 Å². The van der Waals surface area contributed by atoms with Crippen LogP contribution in [0.1, 0.15) is 10.6 Å². The quantitative estimate of drug-likeness (QED) is 0.804. The minimum absolute atomic E-state index is 0.103. The van der Waals surface area contributed by atoms with Crippen LogP contribution in [0, 0.1) is 0 Å². The molecule has 5 nitrogen and oxygen atoms in total. The van der Waals surface area contributed by atoms with Crippen LogP contribution < -0.4 is 0 Å². The van der Waals surface area contributed by atoms with E-state index in [9.17, 15) is 14.4 Å². The number of carbonyl (C=O) groups excluding carboxylic acids is 3. The standard InChI is InChI=1S/C13H9NO4S/c15-9(6-14-12(16)7-19-13(14)17)11-5-8-3-1-2-4-10(8)18-11/h1-5H,6-7H2. The molecule has 1 saturated heterocycles. The summed E-state index contributed by atoms with van der Waals surface area (Å²) >= 11 is 0.910. The number of fused-ring (bicyclic) bond motifs is 1. The van der Waals surface area contributed by atoms with Crippen molar-refractivity contribution in [2.24, 2.45) is 0 Å². The van der Waals surface area contributed by atoms with Gasteiger partial charge < -0.3 is 4.42 Å². The van der Waals surface area contributed by atoms with Crippen LogP contribution >= 0.6 is 11.8 Å². The number of furan rings is 1. The van der Waals surface area contributed by atoms with Gasteiger partial charge in [0.1, 0.15) is 5.58 Å².